The molecule has 0 aliphatic rings. The normalized spacial score (nSPS) is 12.6. The Morgan fingerprint density at radius 2 is 0.603 bits per heavy atom. The average Bonchev–Trinajstić information content (AvgIpc) is 3.34. The standard InChI is InChI=1S/C62H108O6/c1-4-7-10-13-16-19-22-24-26-27-28-29-30-31-32-33-34-35-37-38-40-43-46-49-52-55-61(64)67-58-59(57-66-60(63)54-51-48-45-42-21-18-15-12-9-6-3)68-62(65)56-53-50-47-44-41-39-36-25-23-20-17-14-11-8-5-2/h7,10,12,15-16,19,24-26,28-29,36,59H,4-6,8-9,11,13-14,17-18,20-23,27,30-35,37-58H2,1-3H3/b10-7-,15-12-,19-16-,26-24-,29-28-,36-25-. The second-order valence-corrected chi connectivity index (χ2v) is 19.2. The van der Waals surface area contributed by atoms with Crippen LogP contribution in [0.3, 0.4) is 0 Å². The highest BCUT2D eigenvalue weighted by Crippen LogP contribution is 2.15. The van der Waals surface area contributed by atoms with Gasteiger partial charge in [0, 0.05) is 19.3 Å². The van der Waals surface area contributed by atoms with Crippen LogP contribution in [0.25, 0.3) is 0 Å². The molecular weight excluding hydrogens is 841 g/mol. The Kier molecular flexibility index (Phi) is 53.8. The predicted octanol–water partition coefficient (Wildman–Crippen LogP) is 19.4. The quantitative estimate of drug-likeness (QED) is 0.0262. The first kappa shape index (κ1) is 64.8. The molecule has 0 fully saturated rings. The summed E-state index contributed by atoms with van der Waals surface area (Å²) in [6, 6.07) is 0. The van der Waals surface area contributed by atoms with E-state index in [9.17, 15) is 14.4 Å². The molecule has 0 N–H and O–H groups in total. The Hall–Kier alpha value is -3.15. The Morgan fingerprint density at radius 1 is 0.309 bits per heavy atom. The molecule has 0 bridgehead atoms. The van der Waals surface area contributed by atoms with Crippen LogP contribution in [0, 0.1) is 0 Å². The minimum Gasteiger partial charge on any atom is -0.462 e. The van der Waals surface area contributed by atoms with E-state index in [0.717, 1.165) is 109 Å². The van der Waals surface area contributed by atoms with E-state index in [1.165, 1.54) is 135 Å². The summed E-state index contributed by atoms with van der Waals surface area (Å²) in [5.74, 6) is -0.895. The minimum absolute atomic E-state index is 0.0811. The molecule has 0 aromatic rings. The first-order valence-corrected chi connectivity index (χ1v) is 28.9. The molecule has 0 radical (unpaired) electrons. The summed E-state index contributed by atoms with van der Waals surface area (Å²) in [5.41, 5.74) is 0. The Bertz CT molecular complexity index is 1270. The number of hydrogen-bond acceptors (Lipinski definition) is 6. The molecule has 0 aromatic carbocycles. The lowest BCUT2D eigenvalue weighted by Gasteiger charge is -2.18. The van der Waals surface area contributed by atoms with Crippen molar-refractivity contribution in [3.8, 4) is 0 Å². The summed E-state index contributed by atoms with van der Waals surface area (Å²) >= 11 is 0. The first-order valence-electron chi connectivity index (χ1n) is 28.9. The van der Waals surface area contributed by atoms with E-state index in [0.29, 0.717) is 19.3 Å². The van der Waals surface area contributed by atoms with Crippen LogP contribution >= 0.6 is 0 Å². The maximum atomic E-state index is 12.8. The molecule has 6 nitrogen and oxygen atoms in total. The van der Waals surface area contributed by atoms with Gasteiger partial charge in [-0.1, -0.05) is 235 Å². The number of allylic oxidation sites excluding steroid dienone is 12. The first-order chi connectivity index (χ1) is 33.5. The van der Waals surface area contributed by atoms with Crippen molar-refractivity contribution in [1.29, 1.82) is 0 Å². The van der Waals surface area contributed by atoms with Gasteiger partial charge in [-0.3, -0.25) is 14.4 Å². The lowest BCUT2D eigenvalue weighted by molar-refractivity contribution is -0.167. The highest BCUT2D eigenvalue weighted by atomic mass is 16.6. The van der Waals surface area contributed by atoms with Crippen LogP contribution in [0.1, 0.15) is 284 Å². The molecule has 0 amide bonds. The van der Waals surface area contributed by atoms with Gasteiger partial charge in [0.25, 0.3) is 0 Å². The second kappa shape index (κ2) is 56.4. The molecule has 0 rings (SSSR count). The van der Waals surface area contributed by atoms with Crippen molar-refractivity contribution in [2.75, 3.05) is 13.2 Å². The monoisotopic (exact) mass is 949 g/mol. The van der Waals surface area contributed by atoms with Crippen LogP contribution in [0.5, 0.6) is 0 Å². The van der Waals surface area contributed by atoms with Gasteiger partial charge in [-0.25, -0.2) is 0 Å². The molecule has 0 heterocycles. The maximum Gasteiger partial charge on any atom is 0.306 e. The van der Waals surface area contributed by atoms with Gasteiger partial charge in [0.05, 0.1) is 0 Å². The second-order valence-electron chi connectivity index (χ2n) is 19.2. The summed E-state index contributed by atoms with van der Waals surface area (Å²) in [4.78, 5) is 38.1. The molecule has 68 heavy (non-hydrogen) atoms. The summed E-state index contributed by atoms with van der Waals surface area (Å²) in [7, 11) is 0. The van der Waals surface area contributed by atoms with Gasteiger partial charge in [0.1, 0.15) is 13.2 Å². The van der Waals surface area contributed by atoms with Gasteiger partial charge < -0.3 is 14.2 Å². The van der Waals surface area contributed by atoms with E-state index in [2.05, 4.69) is 93.7 Å². The summed E-state index contributed by atoms with van der Waals surface area (Å²) < 4.78 is 16.8. The van der Waals surface area contributed by atoms with Crippen molar-refractivity contribution in [2.24, 2.45) is 0 Å². The number of carbonyl (C=O) groups excluding carboxylic acids is 3. The van der Waals surface area contributed by atoms with Crippen LogP contribution in [0.15, 0.2) is 72.9 Å². The van der Waals surface area contributed by atoms with Crippen molar-refractivity contribution < 1.29 is 28.6 Å². The van der Waals surface area contributed by atoms with E-state index in [-0.39, 0.29) is 31.1 Å². The summed E-state index contributed by atoms with van der Waals surface area (Å²) in [6.07, 6.45) is 71.9. The van der Waals surface area contributed by atoms with Crippen molar-refractivity contribution in [3.05, 3.63) is 72.9 Å². The number of hydrogen-bond donors (Lipinski definition) is 0. The maximum absolute atomic E-state index is 12.8. The molecule has 0 aliphatic heterocycles. The van der Waals surface area contributed by atoms with Crippen LogP contribution in [0.2, 0.25) is 0 Å². The van der Waals surface area contributed by atoms with E-state index in [1.807, 2.05) is 0 Å². The fourth-order valence-electron chi connectivity index (χ4n) is 8.08. The van der Waals surface area contributed by atoms with Crippen LogP contribution in [0.4, 0.5) is 0 Å². The molecule has 0 saturated carbocycles. The predicted molar refractivity (Wildman–Crippen MR) is 293 cm³/mol. The Labute approximate surface area is 421 Å². The highest BCUT2D eigenvalue weighted by molar-refractivity contribution is 5.71. The van der Waals surface area contributed by atoms with Crippen molar-refractivity contribution in [2.45, 2.75) is 290 Å². The lowest BCUT2D eigenvalue weighted by atomic mass is 10.0. The third-order valence-electron chi connectivity index (χ3n) is 12.4. The molecule has 392 valence electrons. The zero-order valence-corrected chi connectivity index (χ0v) is 44.9. The topological polar surface area (TPSA) is 78.9 Å². The molecule has 6 heteroatoms. The van der Waals surface area contributed by atoms with E-state index in [4.69, 9.17) is 14.2 Å². The minimum atomic E-state index is -0.782. The average molecular weight is 950 g/mol. The van der Waals surface area contributed by atoms with Crippen molar-refractivity contribution >= 4 is 17.9 Å². The van der Waals surface area contributed by atoms with E-state index in [1.54, 1.807) is 0 Å². The SMILES string of the molecule is CC/C=C\C/C=C\C/C=C\C/C=C\CCCCCCCCCCCCCCC(=O)OCC(COC(=O)CCCCCCC/C=C\CCC)OC(=O)CCCCCCC/C=C\CCCCCCCC. The van der Waals surface area contributed by atoms with Crippen molar-refractivity contribution in [1.82, 2.24) is 0 Å². The van der Waals surface area contributed by atoms with Crippen LogP contribution < -0.4 is 0 Å². The van der Waals surface area contributed by atoms with E-state index >= 15 is 0 Å². The highest BCUT2D eigenvalue weighted by Gasteiger charge is 2.19. The number of ether oxygens (including phenoxy) is 3. The molecule has 0 saturated heterocycles. The summed E-state index contributed by atoms with van der Waals surface area (Å²) in [6.45, 7) is 6.46. The number of carbonyl (C=O) groups is 3. The molecule has 1 atom stereocenters. The largest absolute Gasteiger partial charge is 0.462 e. The fourth-order valence-corrected chi connectivity index (χ4v) is 8.08. The van der Waals surface area contributed by atoms with Gasteiger partial charge in [-0.05, 0) is 103 Å². The number of unbranched alkanes of at least 4 members (excludes halogenated alkanes) is 29. The van der Waals surface area contributed by atoms with Crippen LogP contribution in [-0.4, -0.2) is 37.2 Å². The number of rotatable bonds is 52. The van der Waals surface area contributed by atoms with Gasteiger partial charge in [0.15, 0.2) is 6.10 Å². The molecular formula is C62H108O6. The fraction of sp³-hybridized carbons (Fsp3) is 0.758. The zero-order valence-electron chi connectivity index (χ0n) is 44.9. The smallest absolute Gasteiger partial charge is 0.306 e. The Balaban J connectivity index is 4.24. The molecule has 0 aliphatic carbocycles. The molecule has 0 aromatic heterocycles. The zero-order chi connectivity index (χ0) is 49.3. The van der Waals surface area contributed by atoms with Crippen molar-refractivity contribution in [3.63, 3.8) is 0 Å². The third-order valence-corrected chi connectivity index (χ3v) is 12.4. The Morgan fingerprint density at radius 3 is 0.971 bits per heavy atom. The molecule has 1 unspecified atom stereocenters. The summed E-state index contributed by atoms with van der Waals surface area (Å²) in [5, 5.41) is 0. The van der Waals surface area contributed by atoms with Gasteiger partial charge in [0.2, 0.25) is 0 Å². The van der Waals surface area contributed by atoms with Gasteiger partial charge >= 0.3 is 17.9 Å². The van der Waals surface area contributed by atoms with Gasteiger partial charge in [-0.2, -0.15) is 0 Å². The van der Waals surface area contributed by atoms with E-state index < -0.39 is 6.10 Å². The van der Waals surface area contributed by atoms with Crippen LogP contribution in [-0.2, 0) is 28.6 Å². The molecule has 0 spiro atoms. The lowest BCUT2D eigenvalue weighted by Crippen LogP contribution is -2.30. The number of esters is 3. The third kappa shape index (κ3) is 53.8. The van der Waals surface area contributed by atoms with Gasteiger partial charge in [-0.15, -0.1) is 0 Å².